The fourth-order valence-corrected chi connectivity index (χ4v) is 0. The maximum atomic E-state index is 10.6. The van der Waals surface area contributed by atoms with E-state index in [0.717, 1.165) is 0 Å². The molecule has 0 radical (unpaired) electrons. The van der Waals surface area contributed by atoms with Crippen molar-refractivity contribution in [2.24, 2.45) is 0 Å². The van der Waals surface area contributed by atoms with Gasteiger partial charge in [-0.1, -0.05) is 0 Å². The molecule has 0 bridgehead atoms. The third-order valence-electron chi connectivity index (χ3n) is 0.189. The standard InChI is InChI=1S/CF3O2S.Pd/c2-1(3,4)7(5)6;/q-1;. The van der Waals surface area contributed by atoms with Crippen LogP contribution < -0.4 is 0 Å². The van der Waals surface area contributed by atoms with Crippen LogP contribution in [0.5, 0.6) is 0 Å². The Morgan fingerprint density at radius 2 is 1.25 bits per heavy atom. The van der Waals surface area contributed by atoms with Crippen molar-refractivity contribution in [1.29, 1.82) is 0 Å². The molecule has 0 amide bonds. The smallest absolute Gasteiger partial charge is 0.373 e. The van der Waals surface area contributed by atoms with Crippen LogP contribution in [-0.2, 0) is 39.5 Å². The molecule has 0 spiro atoms. The van der Waals surface area contributed by atoms with Crippen LogP contribution in [0, 0.1) is 0 Å². The Hall–Kier alpha value is 0.402. The molecule has 0 aliphatic carbocycles. The van der Waals surface area contributed by atoms with Crippen LogP contribution in [0.1, 0.15) is 0 Å². The van der Waals surface area contributed by atoms with Gasteiger partial charge in [-0.15, -0.1) is 0 Å². The fourth-order valence-electron chi connectivity index (χ4n) is 0. The van der Waals surface area contributed by atoms with Gasteiger partial charge in [-0.05, 0) is 0 Å². The monoisotopic (exact) mass is 239 g/mol. The molecule has 0 atom stereocenters. The Bertz CT molecular complexity index is 118. The Morgan fingerprint density at radius 1 is 1.12 bits per heavy atom. The van der Waals surface area contributed by atoms with E-state index >= 15 is 0 Å². The quantitative estimate of drug-likeness (QED) is 0.463. The van der Waals surface area contributed by atoms with E-state index in [9.17, 15) is 13.2 Å². The van der Waals surface area contributed by atoms with E-state index in [0.29, 0.717) is 0 Å². The Labute approximate surface area is 58.7 Å². The van der Waals surface area contributed by atoms with Crippen LogP contribution in [0.25, 0.3) is 0 Å². The Balaban J connectivity index is 0. The summed E-state index contributed by atoms with van der Waals surface area (Å²) in [5, 5.41) is 0. The first-order chi connectivity index (χ1) is 2.94. The molecule has 0 heterocycles. The van der Waals surface area contributed by atoms with Gasteiger partial charge in [0.15, 0.2) is 0 Å². The van der Waals surface area contributed by atoms with E-state index in [2.05, 4.69) is 0 Å². The van der Waals surface area contributed by atoms with Crippen molar-refractivity contribution >= 4 is 10.7 Å². The minimum Gasteiger partial charge on any atom is -0.416 e. The van der Waals surface area contributed by atoms with Crippen molar-refractivity contribution in [2.75, 3.05) is 0 Å². The second-order valence-corrected chi connectivity index (χ2v) is 1.61. The summed E-state index contributed by atoms with van der Waals surface area (Å²) in [5.74, 6) is 0. The molecule has 0 saturated heterocycles. The van der Waals surface area contributed by atoms with Gasteiger partial charge < -0.3 is 8.42 Å². The summed E-state index contributed by atoms with van der Waals surface area (Å²) < 4.78 is 49.5. The minimum atomic E-state index is -5.08. The third-order valence-corrected chi connectivity index (χ3v) is 0.567. The Morgan fingerprint density at radius 3 is 1.25 bits per heavy atom. The molecular formula is CF3O2PdS-. The van der Waals surface area contributed by atoms with Gasteiger partial charge in [0, 0.05) is 31.1 Å². The van der Waals surface area contributed by atoms with E-state index in [1.807, 2.05) is 0 Å². The van der Waals surface area contributed by atoms with Gasteiger partial charge in [-0.3, -0.25) is 0 Å². The molecule has 0 N–H and O–H groups in total. The number of hydrogen-bond donors (Lipinski definition) is 0. The van der Waals surface area contributed by atoms with E-state index in [1.54, 1.807) is 0 Å². The minimum absolute atomic E-state index is 0. The van der Waals surface area contributed by atoms with Gasteiger partial charge in [0.2, 0.25) is 0 Å². The average Bonchev–Trinajstić information content (AvgIpc) is 1.31. The van der Waals surface area contributed by atoms with Crippen LogP contribution in [0.2, 0.25) is 0 Å². The van der Waals surface area contributed by atoms with Crippen LogP contribution in [0.15, 0.2) is 0 Å². The van der Waals surface area contributed by atoms with Crippen molar-refractivity contribution < 1.29 is 42.0 Å². The van der Waals surface area contributed by atoms with Crippen LogP contribution in [-0.4, -0.2) is 5.51 Å². The number of halogens is 3. The number of alkyl halides is 3. The zero-order chi connectivity index (χ0) is 6.08. The molecule has 0 aromatic rings. The molecule has 8 heavy (non-hydrogen) atoms. The summed E-state index contributed by atoms with van der Waals surface area (Å²) >= 11 is 0. The molecule has 0 saturated carbocycles. The van der Waals surface area contributed by atoms with Crippen molar-refractivity contribution in [3.05, 3.63) is 0 Å². The molecule has 2 nitrogen and oxygen atoms in total. The zero-order valence-electron chi connectivity index (χ0n) is 3.17. The topological polar surface area (TPSA) is 34.1 Å². The SMILES string of the molecule is O=[S-](=O)C(F)(F)F.[Pd]. The van der Waals surface area contributed by atoms with Gasteiger partial charge in [-0.25, -0.2) is 0 Å². The van der Waals surface area contributed by atoms with Crippen molar-refractivity contribution in [3.8, 4) is 0 Å². The summed E-state index contributed by atoms with van der Waals surface area (Å²) in [6.45, 7) is 0. The fraction of sp³-hybridized carbons (Fsp3) is 1.00. The van der Waals surface area contributed by atoms with E-state index in [-0.39, 0.29) is 20.4 Å². The first kappa shape index (κ1) is 11.2. The second kappa shape index (κ2) is 3.43. The average molecular weight is 239 g/mol. The van der Waals surface area contributed by atoms with Crippen molar-refractivity contribution in [3.63, 3.8) is 0 Å². The van der Waals surface area contributed by atoms with Crippen molar-refractivity contribution in [1.82, 2.24) is 0 Å². The summed E-state index contributed by atoms with van der Waals surface area (Å²) in [4.78, 5) is 0. The molecule has 0 unspecified atom stereocenters. The van der Waals surface area contributed by atoms with E-state index < -0.39 is 16.2 Å². The predicted octanol–water partition coefficient (Wildman–Crippen LogP) is 0.813. The summed E-state index contributed by atoms with van der Waals surface area (Å²) in [5.41, 5.74) is -5.08. The molecule has 0 aromatic heterocycles. The third kappa shape index (κ3) is 4.56. The molecule has 7 heteroatoms. The molecule has 0 rings (SSSR count). The molecule has 54 valence electrons. The van der Waals surface area contributed by atoms with Crippen molar-refractivity contribution in [2.45, 2.75) is 5.51 Å². The maximum Gasteiger partial charge on any atom is 0.373 e. The zero-order valence-corrected chi connectivity index (χ0v) is 5.55. The number of hydrogen-bond acceptors (Lipinski definition) is 3. The predicted molar refractivity (Wildman–Crippen MR) is 14.8 cm³/mol. The van der Waals surface area contributed by atoms with Gasteiger partial charge in [0.1, 0.15) is 0 Å². The Kier molecular flexibility index (Phi) is 4.82. The molecule has 0 aliphatic heterocycles. The largest absolute Gasteiger partial charge is 0.416 e. The van der Waals surface area contributed by atoms with Gasteiger partial charge in [0.05, 0.1) is 0 Å². The molecule has 0 aromatic carbocycles. The first-order valence-electron chi connectivity index (χ1n) is 1.10. The van der Waals surface area contributed by atoms with Gasteiger partial charge in [0.25, 0.3) is 0 Å². The molecular weight excluding hydrogens is 239 g/mol. The van der Waals surface area contributed by atoms with Crippen LogP contribution in [0.3, 0.4) is 0 Å². The maximum absolute atomic E-state index is 10.6. The normalized spacial score (nSPS) is 11.0. The summed E-state index contributed by atoms with van der Waals surface area (Å²) in [6.07, 6.45) is 0. The summed E-state index contributed by atoms with van der Waals surface area (Å²) in [7, 11) is -3.93. The second-order valence-electron chi connectivity index (χ2n) is 0.680. The van der Waals surface area contributed by atoms with Crippen LogP contribution >= 0.6 is 0 Å². The van der Waals surface area contributed by atoms with Crippen LogP contribution in [0.4, 0.5) is 13.2 Å². The molecule has 0 fully saturated rings. The van der Waals surface area contributed by atoms with Gasteiger partial charge in [-0.2, -0.15) is 13.2 Å². The number of rotatable bonds is 0. The van der Waals surface area contributed by atoms with E-state index in [4.69, 9.17) is 8.42 Å². The van der Waals surface area contributed by atoms with Gasteiger partial charge >= 0.3 is 5.51 Å². The first-order valence-corrected chi connectivity index (χ1v) is 2.18. The summed E-state index contributed by atoms with van der Waals surface area (Å²) in [6, 6.07) is 0. The molecule has 0 aliphatic rings. The van der Waals surface area contributed by atoms with E-state index in [1.165, 1.54) is 0 Å².